The molecule has 0 saturated carbocycles. The standard InChI is InChI=1S/C8H8Cl2FNO/c9-5-1-4(7(12)3-11)2-6(10)8(5)13/h1-2,7,13H,3,12H2/t7-/m1/s1. The van der Waals surface area contributed by atoms with Crippen LogP contribution in [0.15, 0.2) is 12.1 Å². The lowest BCUT2D eigenvalue weighted by molar-refractivity contribution is 0.436. The number of hydrogen-bond acceptors (Lipinski definition) is 2. The zero-order valence-electron chi connectivity index (χ0n) is 6.60. The van der Waals surface area contributed by atoms with Gasteiger partial charge < -0.3 is 10.8 Å². The van der Waals surface area contributed by atoms with Crippen LogP contribution in [0.1, 0.15) is 11.6 Å². The van der Waals surface area contributed by atoms with E-state index in [1.54, 1.807) is 0 Å². The Labute approximate surface area is 85.1 Å². The molecule has 0 saturated heterocycles. The molecule has 5 heteroatoms. The average Bonchev–Trinajstić information content (AvgIpc) is 2.12. The molecule has 72 valence electrons. The highest BCUT2D eigenvalue weighted by Gasteiger charge is 2.11. The summed E-state index contributed by atoms with van der Waals surface area (Å²) in [7, 11) is 0. The quantitative estimate of drug-likeness (QED) is 0.811. The van der Waals surface area contributed by atoms with Gasteiger partial charge in [0.2, 0.25) is 0 Å². The minimum atomic E-state index is -0.754. The van der Waals surface area contributed by atoms with Crippen LogP contribution in [0.4, 0.5) is 4.39 Å². The lowest BCUT2D eigenvalue weighted by Gasteiger charge is -2.09. The van der Waals surface area contributed by atoms with E-state index in [-0.39, 0.29) is 15.8 Å². The first-order valence-corrected chi connectivity index (χ1v) is 4.31. The third kappa shape index (κ3) is 2.24. The second-order valence-corrected chi connectivity index (χ2v) is 3.41. The number of nitrogens with two attached hydrogens (primary N) is 1. The molecule has 1 atom stereocenters. The molecule has 0 spiro atoms. The van der Waals surface area contributed by atoms with Gasteiger partial charge in [-0.1, -0.05) is 23.2 Å². The van der Waals surface area contributed by atoms with Crippen molar-refractivity contribution in [2.45, 2.75) is 6.04 Å². The minimum absolute atomic E-state index is 0.0754. The Morgan fingerprint density at radius 1 is 1.38 bits per heavy atom. The largest absolute Gasteiger partial charge is 0.505 e. The number of phenolic OH excluding ortho intramolecular Hbond substituents is 1. The third-order valence-corrected chi connectivity index (χ3v) is 2.21. The van der Waals surface area contributed by atoms with E-state index in [1.807, 2.05) is 0 Å². The molecule has 3 N–H and O–H groups in total. The van der Waals surface area contributed by atoms with Crippen LogP contribution in [0.25, 0.3) is 0 Å². The summed E-state index contributed by atoms with van der Waals surface area (Å²) in [5, 5.41) is 9.34. The SMILES string of the molecule is N[C@H](CF)c1cc(Cl)c(O)c(Cl)c1. The Balaban J connectivity index is 3.13. The van der Waals surface area contributed by atoms with Crippen LogP contribution < -0.4 is 5.73 Å². The number of rotatable bonds is 2. The first kappa shape index (κ1) is 10.6. The second-order valence-electron chi connectivity index (χ2n) is 2.59. The fourth-order valence-corrected chi connectivity index (χ4v) is 1.39. The van der Waals surface area contributed by atoms with Gasteiger partial charge in [0.1, 0.15) is 6.67 Å². The highest BCUT2D eigenvalue weighted by Crippen LogP contribution is 2.34. The number of hydrogen-bond donors (Lipinski definition) is 2. The minimum Gasteiger partial charge on any atom is -0.505 e. The number of aromatic hydroxyl groups is 1. The molecule has 0 aliphatic carbocycles. The Morgan fingerprint density at radius 3 is 2.23 bits per heavy atom. The van der Waals surface area contributed by atoms with Crippen molar-refractivity contribution < 1.29 is 9.50 Å². The highest BCUT2D eigenvalue weighted by atomic mass is 35.5. The van der Waals surface area contributed by atoms with Gasteiger partial charge in [0, 0.05) is 0 Å². The van der Waals surface area contributed by atoms with Gasteiger partial charge in [-0.3, -0.25) is 0 Å². The monoisotopic (exact) mass is 223 g/mol. The summed E-state index contributed by atoms with van der Waals surface area (Å²) in [5.74, 6) is -0.210. The van der Waals surface area contributed by atoms with Gasteiger partial charge in [0.05, 0.1) is 16.1 Å². The number of phenols is 1. The Bertz CT molecular complexity index is 296. The smallest absolute Gasteiger partial charge is 0.152 e. The molecule has 0 aromatic heterocycles. The number of halogens is 3. The maximum Gasteiger partial charge on any atom is 0.152 e. The maximum atomic E-state index is 12.2. The van der Waals surface area contributed by atoms with Crippen LogP contribution in [-0.4, -0.2) is 11.8 Å². The number of alkyl halides is 1. The molecular weight excluding hydrogens is 216 g/mol. The van der Waals surface area contributed by atoms with Gasteiger partial charge in [-0.25, -0.2) is 4.39 Å². The molecule has 0 aliphatic rings. The summed E-state index contributed by atoms with van der Waals surface area (Å²) in [6.07, 6.45) is 0. The Morgan fingerprint density at radius 2 is 1.85 bits per heavy atom. The summed E-state index contributed by atoms with van der Waals surface area (Å²) in [6.45, 7) is -0.697. The molecule has 13 heavy (non-hydrogen) atoms. The Kier molecular flexibility index (Phi) is 3.36. The van der Waals surface area contributed by atoms with Crippen molar-refractivity contribution >= 4 is 23.2 Å². The molecule has 1 aromatic rings. The zero-order chi connectivity index (χ0) is 10.0. The fourth-order valence-electron chi connectivity index (χ4n) is 0.888. The van der Waals surface area contributed by atoms with Gasteiger partial charge in [-0.15, -0.1) is 0 Å². The van der Waals surface area contributed by atoms with E-state index in [0.717, 1.165) is 0 Å². The van der Waals surface area contributed by atoms with Gasteiger partial charge in [0.15, 0.2) is 5.75 Å². The van der Waals surface area contributed by atoms with E-state index in [9.17, 15) is 9.50 Å². The topological polar surface area (TPSA) is 46.2 Å². The van der Waals surface area contributed by atoms with Crippen molar-refractivity contribution in [2.24, 2.45) is 5.73 Å². The molecule has 1 aromatic carbocycles. The lowest BCUT2D eigenvalue weighted by atomic mass is 10.1. The average molecular weight is 224 g/mol. The molecule has 0 amide bonds. The predicted molar refractivity (Wildman–Crippen MR) is 51.0 cm³/mol. The molecule has 0 bridgehead atoms. The van der Waals surface area contributed by atoms with E-state index in [4.69, 9.17) is 28.9 Å². The van der Waals surface area contributed by atoms with Crippen LogP contribution in [0.3, 0.4) is 0 Å². The van der Waals surface area contributed by atoms with Crippen molar-refractivity contribution in [3.63, 3.8) is 0 Å². The van der Waals surface area contributed by atoms with E-state index in [1.165, 1.54) is 12.1 Å². The van der Waals surface area contributed by atoms with Crippen LogP contribution >= 0.6 is 23.2 Å². The summed E-state index contributed by atoms with van der Waals surface area (Å²) in [4.78, 5) is 0. The first-order valence-electron chi connectivity index (χ1n) is 3.55. The van der Waals surface area contributed by atoms with Crippen molar-refractivity contribution in [3.05, 3.63) is 27.7 Å². The highest BCUT2D eigenvalue weighted by molar-refractivity contribution is 6.37. The summed E-state index contributed by atoms with van der Waals surface area (Å²) in [6, 6.07) is 2.04. The zero-order valence-corrected chi connectivity index (χ0v) is 8.11. The summed E-state index contributed by atoms with van der Waals surface area (Å²) < 4.78 is 12.2. The van der Waals surface area contributed by atoms with E-state index in [2.05, 4.69) is 0 Å². The van der Waals surface area contributed by atoms with E-state index in [0.29, 0.717) is 5.56 Å². The van der Waals surface area contributed by atoms with Crippen LogP contribution in [0, 0.1) is 0 Å². The van der Waals surface area contributed by atoms with Crippen molar-refractivity contribution in [2.75, 3.05) is 6.67 Å². The first-order chi connectivity index (χ1) is 6.06. The molecular formula is C8H8Cl2FNO. The van der Waals surface area contributed by atoms with Crippen LogP contribution in [0.2, 0.25) is 10.0 Å². The van der Waals surface area contributed by atoms with E-state index >= 15 is 0 Å². The van der Waals surface area contributed by atoms with Crippen molar-refractivity contribution in [3.8, 4) is 5.75 Å². The van der Waals surface area contributed by atoms with Crippen molar-refractivity contribution in [1.29, 1.82) is 0 Å². The van der Waals surface area contributed by atoms with Gasteiger partial charge in [0.25, 0.3) is 0 Å². The molecule has 0 heterocycles. The predicted octanol–water partition coefficient (Wildman–Crippen LogP) is 2.67. The molecule has 0 unspecified atom stereocenters. The molecule has 0 radical (unpaired) electrons. The maximum absolute atomic E-state index is 12.2. The van der Waals surface area contributed by atoms with Gasteiger partial charge in [-0.2, -0.15) is 0 Å². The molecule has 0 fully saturated rings. The Hall–Kier alpha value is -0.510. The van der Waals surface area contributed by atoms with Gasteiger partial charge in [-0.05, 0) is 17.7 Å². The third-order valence-electron chi connectivity index (χ3n) is 1.63. The van der Waals surface area contributed by atoms with Crippen molar-refractivity contribution in [1.82, 2.24) is 0 Å². The lowest BCUT2D eigenvalue weighted by Crippen LogP contribution is -2.11. The van der Waals surface area contributed by atoms with E-state index < -0.39 is 12.7 Å². The molecule has 1 rings (SSSR count). The summed E-state index contributed by atoms with van der Waals surface area (Å²) in [5.41, 5.74) is 5.88. The van der Waals surface area contributed by atoms with Gasteiger partial charge >= 0.3 is 0 Å². The molecule has 2 nitrogen and oxygen atoms in total. The molecule has 0 aliphatic heterocycles. The second kappa shape index (κ2) is 4.13. The number of benzene rings is 1. The summed E-state index contributed by atoms with van der Waals surface area (Å²) >= 11 is 11.2. The van der Waals surface area contributed by atoms with Crippen LogP contribution in [0.5, 0.6) is 5.75 Å². The normalized spacial score (nSPS) is 12.9. The fraction of sp³-hybridized carbons (Fsp3) is 0.250. The van der Waals surface area contributed by atoms with Crippen LogP contribution in [-0.2, 0) is 0 Å².